The zero-order valence-electron chi connectivity index (χ0n) is 40.2. The highest BCUT2D eigenvalue weighted by Gasteiger charge is 2.43. The number of carbonyl (C=O) groups is 3. The van der Waals surface area contributed by atoms with Crippen LogP contribution in [0.1, 0.15) is 107 Å². The number of urea groups is 1. The van der Waals surface area contributed by atoms with Gasteiger partial charge in [-0.05, 0) is 101 Å². The van der Waals surface area contributed by atoms with Crippen LogP contribution in [0.4, 0.5) is 4.79 Å². The summed E-state index contributed by atoms with van der Waals surface area (Å²) in [6, 6.07) is 6.88. The topological polar surface area (TPSA) is 162 Å². The number of ether oxygens (including phenoxy) is 5. The van der Waals surface area contributed by atoms with Gasteiger partial charge >= 0.3 is 12.0 Å². The zero-order chi connectivity index (χ0) is 47.0. The lowest BCUT2D eigenvalue weighted by Crippen LogP contribution is -2.64. The van der Waals surface area contributed by atoms with Crippen molar-refractivity contribution in [2.45, 2.75) is 122 Å². The highest BCUT2D eigenvalue weighted by molar-refractivity contribution is 7.10. The van der Waals surface area contributed by atoms with E-state index in [2.05, 4.69) is 78.4 Å². The van der Waals surface area contributed by atoms with Crippen LogP contribution in [0, 0.1) is 5.41 Å². The molecule has 3 aromatic heterocycles. The van der Waals surface area contributed by atoms with E-state index in [9.17, 15) is 14.4 Å². The number of fused-ring (bicyclic) bond motifs is 7. The Morgan fingerprint density at radius 2 is 1.94 bits per heavy atom. The van der Waals surface area contributed by atoms with Crippen molar-refractivity contribution in [1.29, 1.82) is 0 Å². The van der Waals surface area contributed by atoms with E-state index in [4.69, 9.17) is 33.7 Å². The van der Waals surface area contributed by atoms with Gasteiger partial charge in [-0.2, -0.15) is 0 Å². The van der Waals surface area contributed by atoms with E-state index in [-0.39, 0.29) is 31.4 Å². The maximum Gasteiger partial charge on any atom is 0.324 e. The molecule has 7 atom stereocenters. The lowest BCUT2D eigenvalue weighted by Gasteiger charge is -2.42. The van der Waals surface area contributed by atoms with Crippen LogP contribution in [0.3, 0.4) is 0 Å². The number of thiazole rings is 1. The van der Waals surface area contributed by atoms with E-state index < -0.39 is 35.5 Å². The summed E-state index contributed by atoms with van der Waals surface area (Å²) in [6.45, 7) is 16.4. The number of amides is 3. The van der Waals surface area contributed by atoms with Gasteiger partial charge in [-0.25, -0.2) is 15.2 Å². The fraction of sp³-hybridized carbons (Fsp3) is 0.620. The number of carbonyl (C=O) groups excluding carboxylic acids is 3. The van der Waals surface area contributed by atoms with Crippen molar-refractivity contribution in [3.05, 3.63) is 57.7 Å². The minimum Gasteiger partial charge on any atom is -0.464 e. The first-order valence-corrected chi connectivity index (χ1v) is 25.2. The molecular weight excluding hydrogens is 873 g/mol. The molecule has 67 heavy (non-hydrogen) atoms. The summed E-state index contributed by atoms with van der Waals surface area (Å²) in [4.78, 5) is 57.4. The first-order valence-electron chi connectivity index (χ1n) is 24.3. The molecule has 17 heteroatoms. The first-order chi connectivity index (χ1) is 32.4. The molecule has 5 aliphatic heterocycles. The van der Waals surface area contributed by atoms with Gasteiger partial charge in [0.25, 0.3) is 5.91 Å². The largest absolute Gasteiger partial charge is 0.464 e. The third-order valence-electron chi connectivity index (χ3n) is 14.6. The van der Waals surface area contributed by atoms with Gasteiger partial charge in [0.1, 0.15) is 23.2 Å². The number of aryl methyl sites for hydroxylation is 1. The molecular formula is C50H68N8O8S. The second-order valence-corrected chi connectivity index (χ2v) is 20.5. The molecule has 5 aliphatic rings. The summed E-state index contributed by atoms with van der Waals surface area (Å²) in [7, 11) is 3.35. The van der Waals surface area contributed by atoms with Gasteiger partial charge in [0, 0.05) is 92.1 Å². The smallest absolute Gasteiger partial charge is 0.324 e. The molecule has 0 radical (unpaired) electrons. The van der Waals surface area contributed by atoms with Gasteiger partial charge in [-0.3, -0.25) is 24.5 Å². The van der Waals surface area contributed by atoms with Gasteiger partial charge in [-0.1, -0.05) is 19.9 Å². The molecule has 0 saturated carbocycles. The van der Waals surface area contributed by atoms with Crippen molar-refractivity contribution in [2.24, 2.45) is 5.41 Å². The van der Waals surface area contributed by atoms with E-state index in [0.29, 0.717) is 62.5 Å². The van der Waals surface area contributed by atoms with E-state index in [1.165, 1.54) is 21.9 Å². The number of pyridine rings is 1. The van der Waals surface area contributed by atoms with Crippen LogP contribution in [0.2, 0.25) is 0 Å². The van der Waals surface area contributed by atoms with Crippen LogP contribution in [0.25, 0.3) is 33.4 Å². The number of likely N-dealkylation sites (tertiary alicyclic amines) is 1. The number of morpholine rings is 1. The average molecular weight is 941 g/mol. The summed E-state index contributed by atoms with van der Waals surface area (Å²) in [5.41, 5.74) is 10.8. The van der Waals surface area contributed by atoms with Gasteiger partial charge in [0.15, 0.2) is 0 Å². The maximum atomic E-state index is 14.7. The van der Waals surface area contributed by atoms with E-state index in [1.807, 2.05) is 12.3 Å². The van der Waals surface area contributed by atoms with Gasteiger partial charge in [-0.15, -0.1) is 11.3 Å². The molecule has 4 fully saturated rings. The Morgan fingerprint density at radius 3 is 2.70 bits per heavy atom. The monoisotopic (exact) mass is 940 g/mol. The summed E-state index contributed by atoms with van der Waals surface area (Å²) in [6.07, 6.45) is 5.41. The number of cyclic esters (lactones) is 1. The molecule has 0 aliphatic carbocycles. The van der Waals surface area contributed by atoms with Crippen molar-refractivity contribution in [3.63, 3.8) is 0 Å². The van der Waals surface area contributed by atoms with E-state index >= 15 is 0 Å². The second-order valence-electron chi connectivity index (χ2n) is 19.6. The number of hydrogen-bond acceptors (Lipinski definition) is 13. The Labute approximate surface area is 398 Å². The molecule has 8 heterocycles. The first kappa shape index (κ1) is 47.6. The average Bonchev–Trinajstić information content (AvgIpc) is 3.94. The van der Waals surface area contributed by atoms with Crippen LogP contribution in [0.5, 0.6) is 0 Å². The molecule has 2 N–H and O–H groups in total. The highest BCUT2D eigenvalue weighted by atomic mass is 32.1. The Hall–Kier alpha value is -4.49. The van der Waals surface area contributed by atoms with Crippen LogP contribution >= 0.6 is 11.3 Å². The number of benzene rings is 1. The molecule has 9 rings (SSSR count). The number of rotatable bonds is 10. The highest BCUT2D eigenvalue weighted by Crippen LogP contribution is 2.44. The maximum absolute atomic E-state index is 14.7. The number of nitrogens with one attached hydrogen (secondary N) is 2. The van der Waals surface area contributed by atoms with Crippen LogP contribution < -0.4 is 10.7 Å². The zero-order valence-corrected chi connectivity index (χ0v) is 41.0. The SMILES string of the molecule is CCO[C@@H]1c2nc(cs2)-c2ccc3c(c2)c(c(-c2cc([C@@H]4CCN5CCOC[C@@H]5C4)cnc2[C@H](C)OC)n3CC)CC(C)(C)COC(=O)[C@@H]2CCCN(N2)C(=O)[C@H]1NC(=O)N1CC[C@H]1COC. The molecule has 4 aromatic rings. The number of esters is 1. The predicted molar refractivity (Wildman–Crippen MR) is 256 cm³/mol. The normalized spacial score (nSPS) is 26.4. The third kappa shape index (κ3) is 9.62. The minimum absolute atomic E-state index is 0.0962. The van der Waals surface area contributed by atoms with Crippen molar-refractivity contribution in [1.82, 2.24) is 40.1 Å². The molecule has 0 unspecified atom stereocenters. The fourth-order valence-corrected chi connectivity index (χ4v) is 11.7. The van der Waals surface area contributed by atoms with E-state index in [0.717, 1.165) is 90.2 Å². The second kappa shape index (κ2) is 20.2. The number of nitrogens with zero attached hydrogens (tertiary/aromatic N) is 6. The quantitative estimate of drug-likeness (QED) is 0.164. The van der Waals surface area contributed by atoms with Crippen molar-refractivity contribution in [2.75, 3.05) is 73.4 Å². The van der Waals surface area contributed by atoms with Crippen molar-refractivity contribution in [3.8, 4) is 22.5 Å². The molecule has 1 aromatic carbocycles. The fourth-order valence-electron chi connectivity index (χ4n) is 10.8. The number of methoxy groups -OCH3 is 2. The van der Waals surface area contributed by atoms with Crippen molar-refractivity contribution < 1.29 is 38.1 Å². The summed E-state index contributed by atoms with van der Waals surface area (Å²) in [5, 5.41) is 8.13. The molecule has 6 bridgehead atoms. The van der Waals surface area contributed by atoms with Gasteiger partial charge < -0.3 is 38.5 Å². The van der Waals surface area contributed by atoms with E-state index in [1.54, 1.807) is 19.1 Å². The van der Waals surface area contributed by atoms with Crippen LogP contribution in [-0.2, 0) is 46.2 Å². The van der Waals surface area contributed by atoms with Gasteiger partial charge in [0.2, 0.25) is 0 Å². The van der Waals surface area contributed by atoms with Crippen LogP contribution in [-0.4, -0.2) is 145 Å². The standard InChI is InChI=1S/C50H68N8O8S/c1-8-56-41-13-12-32-22-36(41)38(44(56)37-23-33(25-51-42(37)30(3)63-7)31-14-17-55-19-20-64-27-35(55)21-31)24-50(4,5)29-66-48(60)39-11-10-16-58(54-39)47(59)43(45(65-9-2)46-52-40(32)28-67-46)53-49(61)57-18-15-34(57)26-62-6/h12-13,22-23,25,28,30-31,34-35,39,43,45,54H,8-11,14-21,24,26-27,29H2,1-7H3,(H,53,61)/t30-,31+,34-,35-,39-,43-,45-/m0/s1. The number of piperidine rings is 1. The number of hydrazine groups is 1. The predicted octanol–water partition coefficient (Wildman–Crippen LogP) is 6.63. The summed E-state index contributed by atoms with van der Waals surface area (Å²) in [5.74, 6) is -0.504. The van der Waals surface area contributed by atoms with Crippen LogP contribution in [0.15, 0.2) is 35.8 Å². The molecule has 3 amide bonds. The molecule has 0 spiro atoms. The summed E-state index contributed by atoms with van der Waals surface area (Å²) >= 11 is 1.40. The summed E-state index contributed by atoms with van der Waals surface area (Å²) < 4.78 is 32.4. The minimum atomic E-state index is -1.15. The van der Waals surface area contributed by atoms with Crippen molar-refractivity contribution >= 4 is 40.1 Å². The molecule has 4 saturated heterocycles. The molecule has 16 nitrogen and oxygen atoms in total. The lowest BCUT2D eigenvalue weighted by atomic mass is 9.82. The Balaban J connectivity index is 1.17. The lowest BCUT2D eigenvalue weighted by molar-refractivity contribution is -0.156. The Bertz CT molecular complexity index is 2440. The van der Waals surface area contributed by atoms with Gasteiger partial charge in [0.05, 0.1) is 55.7 Å². The third-order valence-corrected chi connectivity index (χ3v) is 15.5. The Kier molecular flexibility index (Phi) is 14.4. The number of hydrogen-bond donors (Lipinski definition) is 2. The molecule has 362 valence electrons. The Morgan fingerprint density at radius 1 is 1.09 bits per heavy atom. The number of aromatic nitrogens is 3.